The summed E-state index contributed by atoms with van der Waals surface area (Å²) in [6.07, 6.45) is 9.14. The Morgan fingerprint density at radius 3 is 2.00 bits per heavy atom. The minimum absolute atomic E-state index is 0.152. The highest BCUT2D eigenvalue weighted by molar-refractivity contribution is 5.53. The smallest absolute Gasteiger partial charge is 0.267 e. The Morgan fingerprint density at radius 2 is 1.54 bits per heavy atom. The Labute approximate surface area is 166 Å². The van der Waals surface area contributed by atoms with Crippen LogP contribution in [0.3, 0.4) is 0 Å². The topological polar surface area (TPSA) is 26.3 Å². The minimum atomic E-state index is -2.81. The number of aldehydes is 1. The summed E-state index contributed by atoms with van der Waals surface area (Å²) in [6, 6.07) is 2.74. The lowest BCUT2D eigenvalue weighted by atomic mass is 9.70. The van der Waals surface area contributed by atoms with Gasteiger partial charge in [-0.3, -0.25) is 0 Å². The van der Waals surface area contributed by atoms with Gasteiger partial charge in [0.2, 0.25) is 0 Å². The molecule has 0 aliphatic heterocycles. The molecule has 2 aliphatic rings. The van der Waals surface area contributed by atoms with Gasteiger partial charge in [-0.15, -0.1) is 0 Å². The van der Waals surface area contributed by atoms with Crippen LogP contribution in [-0.2, 0) is 4.79 Å². The Hall–Kier alpha value is -1.52. The first-order valence-corrected chi connectivity index (χ1v) is 10.4. The molecule has 158 valence electrons. The third-order valence-corrected chi connectivity index (χ3v) is 6.54. The SMILES string of the molecule is CC1CCC(C2CCC(C=O)CC2)CC1.COc1ccc(C)c(C(F)F)c1F. The summed E-state index contributed by atoms with van der Waals surface area (Å²) in [6.45, 7) is 3.82. The number of benzene rings is 1. The summed E-state index contributed by atoms with van der Waals surface area (Å²) in [5.74, 6) is 2.18. The number of carbonyl (C=O) groups excluding carboxylic acids is 1. The van der Waals surface area contributed by atoms with Gasteiger partial charge in [-0.1, -0.05) is 25.8 Å². The van der Waals surface area contributed by atoms with Gasteiger partial charge >= 0.3 is 0 Å². The average molecular weight is 399 g/mol. The van der Waals surface area contributed by atoms with Crippen molar-refractivity contribution in [3.05, 3.63) is 29.1 Å². The van der Waals surface area contributed by atoms with Crippen molar-refractivity contribution in [1.82, 2.24) is 0 Å². The summed E-state index contributed by atoms with van der Waals surface area (Å²) in [5, 5.41) is 0. The van der Waals surface area contributed by atoms with Gasteiger partial charge in [0.05, 0.1) is 12.7 Å². The first-order valence-electron chi connectivity index (χ1n) is 10.4. The lowest BCUT2D eigenvalue weighted by molar-refractivity contribution is -0.112. The fraction of sp³-hybridized carbons (Fsp3) is 0.696. The average Bonchev–Trinajstić information content (AvgIpc) is 2.69. The molecule has 2 nitrogen and oxygen atoms in total. The van der Waals surface area contributed by atoms with Crippen molar-refractivity contribution in [2.24, 2.45) is 23.7 Å². The molecule has 0 heterocycles. The van der Waals surface area contributed by atoms with E-state index in [1.165, 1.54) is 83.8 Å². The van der Waals surface area contributed by atoms with Gasteiger partial charge in [-0.05, 0) is 74.8 Å². The summed E-state index contributed by atoms with van der Waals surface area (Å²) >= 11 is 0. The highest BCUT2D eigenvalue weighted by Gasteiger charge is 2.29. The predicted molar refractivity (Wildman–Crippen MR) is 105 cm³/mol. The number of halogens is 3. The third-order valence-electron chi connectivity index (χ3n) is 6.54. The van der Waals surface area contributed by atoms with Crippen LogP contribution in [0.5, 0.6) is 5.75 Å². The monoisotopic (exact) mass is 398 g/mol. The van der Waals surface area contributed by atoms with Gasteiger partial charge in [0, 0.05) is 5.92 Å². The predicted octanol–water partition coefficient (Wildman–Crippen LogP) is 6.90. The van der Waals surface area contributed by atoms with Gasteiger partial charge in [0.1, 0.15) is 6.29 Å². The van der Waals surface area contributed by atoms with Crippen molar-refractivity contribution < 1.29 is 22.7 Å². The van der Waals surface area contributed by atoms with Gasteiger partial charge in [-0.25, -0.2) is 13.2 Å². The first kappa shape index (κ1) is 22.8. The Morgan fingerprint density at radius 1 is 1.00 bits per heavy atom. The minimum Gasteiger partial charge on any atom is -0.494 e. The number of methoxy groups -OCH3 is 1. The number of aryl methyl sites for hydroxylation is 1. The van der Waals surface area contributed by atoms with Crippen LogP contribution < -0.4 is 4.74 Å². The Balaban J connectivity index is 0.000000203. The highest BCUT2D eigenvalue weighted by Crippen LogP contribution is 2.40. The van der Waals surface area contributed by atoms with Gasteiger partial charge in [-0.2, -0.15) is 0 Å². The second-order valence-corrected chi connectivity index (χ2v) is 8.44. The van der Waals surface area contributed by atoms with E-state index < -0.39 is 17.8 Å². The number of hydrogen-bond acceptors (Lipinski definition) is 2. The molecule has 2 aliphatic carbocycles. The zero-order valence-corrected chi connectivity index (χ0v) is 17.2. The quantitative estimate of drug-likeness (QED) is 0.516. The van der Waals surface area contributed by atoms with Gasteiger partial charge < -0.3 is 9.53 Å². The maximum atomic E-state index is 13.2. The molecule has 2 fully saturated rings. The maximum Gasteiger partial charge on any atom is 0.267 e. The molecule has 28 heavy (non-hydrogen) atoms. The van der Waals surface area contributed by atoms with Crippen LogP contribution in [0.2, 0.25) is 0 Å². The molecule has 0 spiro atoms. The fourth-order valence-electron chi connectivity index (χ4n) is 4.60. The van der Waals surface area contributed by atoms with Crippen LogP contribution in [0.1, 0.15) is 75.8 Å². The fourth-order valence-corrected chi connectivity index (χ4v) is 4.60. The van der Waals surface area contributed by atoms with Crippen molar-refractivity contribution in [1.29, 1.82) is 0 Å². The number of ether oxygens (including phenoxy) is 1. The molecule has 0 N–H and O–H groups in total. The Kier molecular flexibility index (Phi) is 8.84. The molecular formula is C23H33F3O2. The van der Waals surface area contributed by atoms with Crippen LogP contribution in [-0.4, -0.2) is 13.4 Å². The van der Waals surface area contributed by atoms with Crippen molar-refractivity contribution in [3.63, 3.8) is 0 Å². The van der Waals surface area contributed by atoms with Crippen LogP contribution >= 0.6 is 0 Å². The molecule has 0 amide bonds. The third kappa shape index (κ3) is 5.99. The van der Waals surface area contributed by atoms with Crippen molar-refractivity contribution in [2.75, 3.05) is 7.11 Å². The van der Waals surface area contributed by atoms with Crippen molar-refractivity contribution in [2.45, 2.75) is 71.6 Å². The van der Waals surface area contributed by atoms with Crippen LogP contribution in [0.4, 0.5) is 13.2 Å². The second kappa shape index (κ2) is 10.9. The van der Waals surface area contributed by atoms with E-state index in [0.717, 1.165) is 17.8 Å². The molecule has 0 atom stereocenters. The number of alkyl halides is 2. The van der Waals surface area contributed by atoms with E-state index in [-0.39, 0.29) is 11.3 Å². The number of rotatable bonds is 4. The lowest BCUT2D eigenvalue weighted by Crippen LogP contribution is -2.25. The summed E-state index contributed by atoms with van der Waals surface area (Å²) in [7, 11) is 1.24. The van der Waals surface area contributed by atoms with E-state index in [1.807, 2.05) is 0 Å². The van der Waals surface area contributed by atoms with Gasteiger partial charge in [0.25, 0.3) is 6.43 Å². The van der Waals surface area contributed by atoms with Crippen molar-refractivity contribution in [3.8, 4) is 5.75 Å². The maximum absolute atomic E-state index is 13.2. The Bertz CT molecular complexity index is 617. The number of hydrogen-bond donors (Lipinski definition) is 0. The van der Waals surface area contributed by atoms with Crippen LogP contribution in [0.15, 0.2) is 12.1 Å². The van der Waals surface area contributed by atoms with E-state index in [1.54, 1.807) is 0 Å². The highest BCUT2D eigenvalue weighted by atomic mass is 19.3. The van der Waals surface area contributed by atoms with E-state index in [4.69, 9.17) is 0 Å². The van der Waals surface area contributed by atoms with E-state index >= 15 is 0 Å². The molecule has 1 aromatic carbocycles. The molecule has 0 bridgehead atoms. The lowest BCUT2D eigenvalue weighted by Gasteiger charge is -2.36. The van der Waals surface area contributed by atoms with E-state index in [2.05, 4.69) is 11.7 Å². The molecule has 5 heteroatoms. The van der Waals surface area contributed by atoms with Crippen molar-refractivity contribution >= 4 is 6.29 Å². The van der Waals surface area contributed by atoms with Gasteiger partial charge in [0.15, 0.2) is 11.6 Å². The molecule has 3 rings (SSSR count). The molecular weight excluding hydrogens is 365 g/mol. The first-order chi connectivity index (χ1) is 13.4. The largest absolute Gasteiger partial charge is 0.494 e. The summed E-state index contributed by atoms with van der Waals surface area (Å²) < 4.78 is 42.4. The normalized spacial score (nSPS) is 27.7. The van der Waals surface area contributed by atoms with Crippen LogP contribution in [0, 0.1) is 36.4 Å². The molecule has 0 aromatic heterocycles. The second-order valence-electron chi connectivity index (χ2n) is 8.44. The molecule has 1 aromatic rings. The summed E-state index contributed by atoms with van der Waals surface area (Å²) in [4.78, 5) is 10.7. The molecule has 0 radical (unpaired) electrons. The standard InChI is InChI=1S/C14H24O.C9H9F3O/c1-11-2-6-13(7-3-11)14-8-4-12(10-15)5-9-14;1-5-3-4-6(13-2)8(10)7(5)9(11)12/h10-14H,2-9H2,1H3;3-4,9H,1-2H3. The van der Waals surface area contributed by atoms with Crippen LogP contribution in [0.25, 0.3) is 0 Å². The zero-order valence-electron chi connectivity index (χ0n) is 17.2. The molecule has 2 saturated carbocycles. The summed E-state index contributed by atoms with van der Waals surface area (Å²) in [5.41, 5.74) is -0.354. The van der Waals surface area contributed by atoms with E-state index in [0.29, 0.717) is 5.92 Å². The molecule has 0 saturated heterocycles. The zero-order chi connectivity index (χ0) is 20.7. The van der Waals surface area contributed by atoms with E-state index in [9.17, 15) is 18.0 Å². The molecule has 0 unspecified atom stereocenters. The number of carbonyl (C=O) groups is 1.